The number of nitrogens with zero attached hydrogens (tertiary/aromatic N) is 1. The lowest BCUT2D eigenvalue weighted by Gasteiger charge is -2.49. The van der Waals surface area contributed by atoms with E-state index >= 15 is 0 Å². The Morgan fingerprint density at radius 2 is 1.70 bits per heavy atom. The minimum absolute atomic E-state index is 0.0368. The van der Waals surface area contributed by atoms with Crippen LogP contribution in [0.1, 0.15) is 39.7 Å². The molecule has 1 saturated heterocycles. The van der Waals surface area contributed by atoms with E-state index in [-0.39, 0.29) is 11.8 Å². The van der Waals surface area contributed by atoms with E-state index in [4.69, 9.17) is 0 Å². The van der Waals surface area contributed by atoms with Crippen molar-refractivity contribution in [2.75, 3.05) is 0 Å². The maximum atomic E-state index is 12.7. The van der Waals surface area contributed by atoms with Crippen molar-refractivity contribution < 1.29 is 9.59 Å². The summed E-state index contributed by atoms with van der Waals surface area (Å²) in [5.41, 5.74) is -0.603. The summed E-state index contributed by atoms with van der Waals surface area (Å²) in [6.45, 7) is 7.73. The van der Waals surface area contributed by atoms with Gasteiger partial charge in [-0.25, -0.2) is 0 Å². The molecule has 20 heavy (non-hydrogen) atoms. The minimum atomic E-state index is -0.847. The number of piperazine rings is 1. The molecule has 1 aromatic carbocycles. The number of benzene rings is 1. The van der Waals surface area contributed by atoms with Crippen molar-refractivity contribution in [1.82, 2.24) is 10.2 Å². The summed E-state index contributed by atoms with van der Waals surface area (Å²) < 4.78 is 0. The molecular weight excluding hydrogens is 252 g/mol. The molecule has 0 saturated carbocycles. The summed E-state index contributed by atoms with van der Waals surface area (Å²) in [6.07, 6.45) is 0.591. The summed E-state index contributed by atoms with van der Waals surface area (Å²) in [5, 5.41) is 2.83. The molecule has 1 aliphatic rings. The molecule has 4 nitrogen and oxygen atoms in total. The highest BCUT2D eigenvalue weighted by Gasteiger charge is 2.51. The third-order valence-corrected chi connectivity index (χ3v) is 4.16. The van der Waals surface area contributed by atoms with Gasteiger partial charge in [-0.1, -0.05) is 37.3 Å². The molecule has 4 heteroatoms. The Hall–Kier alpha value is -1.84. The fourth-order valence-corrected chi connectivity index (χ4v) is 2.52. The largest absolute Gasteiger partial charge is 0.340 e. The number of hydrogen-bond acceptors (Lipinski definition) is 2. The first kappa shape index (κ1) is 14.6. The van der Waals surface area contributed by atoms with E-state index in [0.29, 0.717) is 13.0 Å². The van der Waals surface area contributed by atoms with Gasteiger partial charge < -0.3 is 10.2 Å². The molecule has 2 rings (SSSR count). The van der Waals surface area contributed by atoms with E-state index < -0.39 is 11.1 Å². The van der Waals surface area contributed by atoms with Gasteiger partial charge in [0.1, 0.15) is 11.1 Å². The van der Waals surface area contributed by atoms with Crippen molar-refractivity contribution in [2.24, 2.45) is 0 Å². The standard InChI is InChI=1S/C16H22N2O2/c1-5-16(4)13(19)17-15(2,3)14(20)18(16)11-12-9-7-6-8-10-12/h6-10H,5,11H2,1-4H3,(H,17,19). The summed E-state index contributed by atoms with van der Waals surface area (Å²) in [6, 6.07) is 9.78. The van der Waals surface area contributed by atoms with Crippen LogP contribution in [-0.2, 0) is 16.1 Å². The number of nitrogens with one attached hydrogen (secondary N) is 1. The molecule has 1 unspecified atom stereocenters. The number of amides is 2. The van der Waals surface area contributed by atoms with Crippen LogP contribution in [0, 0.1) is 0 Å². The van der Waals surface area contributed by atoms with Crippen molar-refractivity contribution in [3.8, 4) is 0 Å². The second-order valence-electron chi connectivity index (χ2n) is 6.08. The lowest BCUT2D eigenvalue weighted by molar-refractivity contribution is -0.161. The molecule has 1 aromatic rings. The molecule has 0 aliphatic carbocycles. The number of carbonyl (C=O) groups is 2. The Bertz CT molecular complexity index is 525. The van der Waals surface area contributed by atoms with E-state index in [9.17, 15) is 9.59 Å². The van der Waals surface area contributed by atoms with E-state index in [1.165, 1.54) is 0 Å². The predicted octanol–water partition coefficient (Wildman–Crippen LogP) is 2.09. The van der Waals surface area contributed by atoms with Crippen LogP contribution in [0.4, 0.5) is 0 Å². The Labute approximate surface area is 120 Å². The first-order valence-corrected chi connectivity index (χ1v) is 7.00. The monoisotopic (exact) mass is 274 g/mol. The lowest BCUT2D eigenvalue weighted by atomic mass is 9.86. The van der Waals surface area contributed by atoms with Crippen LogP contribution in [0.2, 0.25) is 0 Å². The van der Waals surface area contributed by atoms with Crippen LogP contribution in [0.15, 0.2) is 30.3 Å². The van der Waals surface area contributed by atoms with E-state index in [1.807, 2.05) is 44.2 Å². The summed E-state index contributed by atoms with van der Waals surface area (Å²) in [5.74, 6) is -0.120. The molecule has 0 bridgehead atoms. The number of rotatable bonds is 3. The zero-order chi connectivity index (χ0) is 15.0. The maximum Gasteiger partial charge on any atom is 0.248 e. The van der Waals surface area contributed by atoms with E-state index in [1.54, 1.807) is 18.7 Å². The topological polar surface area (TPSA) is 49.4 Å². The predicted molar refractivity (Wildman–Crippen MR) is 77.9 cm³/mol. The average Bonchev–Trinajstić information content (AvgIpc) is 2.42. The van der Waals surface area contributed by atoms with Crippen molar-refractivity contribution >= 4 is 11.8 Å². The molecule has 0 radical (unpaired) electrons. The van der Waals surface area contributed by atoms with Crippen LogP contribution in [0.5, 0.6) is 0 Å². The first-order chi connectivity index (χ1) is 9.31. The van der Waals surface area contributed by atoms with Gasteiger partial charge in [-0.05, 0) is 32.8 Å². The fraction of sp³-hybridized carbons (Fsp3) is 0.500. The number of hydrogen-bond donors (Lipinski definition) is 1. The summed E-state index contributed by atoms with van der Waals surface area (Å²) >= 11 is 0. The van der Waals surface area contributed by atoms with Gasteiger partial charge >= 0.3 is 0 Å². The van der Waals surface area contributed by atoms with Crippen LogP contribution in [-0.4, -0.2) is 27.8 Å². The third-order valence-electron chi connectivity index (χ3n) is 4.16. The summed E-state index contributed by atoms with van der Waals surface area (Å²) in [4.78, 5) is 26.8. The van der Waals surface area contributed by atoms with E-state index in [0.717, 1.165) is 5.56 Å². The zero-order valence-corrected chi connectivity index (χ0v) is 12.6. The van der Waals surface area contributed by atoms with Gasteiger partial charge in [-0.15, -0.1) is 0 Å². The van der Waals surface area contributed by atoms with Gasteiger partial charge in [-0.3, -0.25) is 9.59 Å². The summed E-state index contributed by atoms with van der Waals surface area (Å²) in [7, 11) is 0. The molecule has 0 spiro atoms. The van der Waals surface area contributed by atoms with Gasteiger partial charge in [0, 0.05) is 6.54 Å². The first-order valence-electron chi connectivity index (χ1n) is 7.00. The van der Waals surface area contributed by atoms with Crippen molar-refractivity contribution in [3.63, 3.8) is 0 Å². The Morgan fingerprint density at radius 1 is 1.10 bits per heavy atom. The van der Waals surface area contributed by atoms with Gasteiger partial charge in [0.15, 0.2) is 0 Å². The second kappa shape index (κ2) is 4.93. The molecule has 1 fully saturated rings. The quantitative estimate of drug-likeness (QED) is 0.917. The highest BCUT2D eigenvalue weighted by molar-refractivity contribution is 6.01. The highest BCUT2D eigenvalue weighted by Crippen LogP contribution is 2.30. The Kier molecular flexibility index (Phi) is 3.59. The molecule has 1 N–H and O–H groups in total. The normalized spacial score (nSPS) is 25.5. The van der Waals surface area contributed by atoms with Crippen LogP contribution < -0.4 is 5.32 Å². The Balaban J connectivity index is 2.38. The lowest BCUT2D eigenvalue weighted by Crippen LogP contribution is -2.72. The van der Waals surface area contributed by atoms with Crippen LogP contribution in [0.3, 0.4) is 0 Å². The van der Waals surface area contributed by atoms with Crippen LogP contribution >= 0.6 is 0 Å². The van der Waals surface area contributed by atoms with Crippen molar-refractivity contribution in [3.05, 3.63) is 35.9 Å². The number of carbonyl (C=O) groups excluding carboxylic acids is 2. The van der Waals surface area contributed by atoms with Crippen molar-refractivity contribution in [2.45, 2.75) is 51.7 Å². The zero-order valence-electron chi connectivity index (χ0n) is 12.6. The van der Waals surface area contributed by atoms with Crippen LogP contribution in [0.25, 0.3) is 0 Å². The second-order valence-corrected chi connectivity index (χ2v) is 6.08. The van der Waals surface area contributed by atoms with Gasteiger partial charge in [0.05, 0.1) is 0 Å². The minimum Gasteiger partial charge on any atom is -0.340 e. The van der Waals surface area contributed by atoms with Gasteiger partial charge in [0.2, 0.25) is 11.8 Å². The smallest absolute Gasteiger partial charge is 0.248 e. The van der Waals surface area contributed by atoms with Crippen molar-refractivity contribution in [1.29, 1.82) is 0 Å². The van der Waals surface area contributed by atoms with Gasteiger partial charge in [0.25, 0.3) is 0 Å². The molecule has 1 heterocycles. The van der Waals surface area contributed by atoms with Gasteiger partial charge in [-0.2, -0.15) is 0 Å². The van der Waals surface area contributed by atoms with E-state index in [2.05, 4.69) is 5.32 Å². The molecular formula is C16H22N2O2. The fourth-order valence-electron chi connectivity index (χ4n) is 2.52. The SMILES string of the molecule is CCC1(C)C(=O)NC(C)(C)C(=O)N1Cc1ccccc1. The molecule has 1 atom stereocenters. The highest BCUT2D eigenvalue weighted by atomic mass is 16.2. The Morgan fingerprint density at radius 3 is 2.25 bits per heavy atom. The molecule has 2 amide bonds. The molecule has 108 valence electrons. The average molecular weight is 274 g/mol. The maximum absolute atomic E-state index is 12.7. The molecule has 1 aliphatic heterocycles. The molecule has 0 aromatic heterocycles. The third kappa shape index (κ3) is 2.30.